The highest BCUT2D eigenvalue weighted by atomic mass is 32.2. The highest BCUT2D eigenvalue weighted by Gasteiger charge is 2.16. The number of nitrogens with one attached hydrogen (secondary N) is 1. The van der Waals surface area contributed by atoms with Gasteiger partial charge in [0.1, 0.15) is 0 Å². The predicted molar refractivity (Wildman–Crippen MR) is 132 cm³/mol. The topological polar surface area (TPSA) is 79.0 Å². The molecule has 0 aliphatic carbocycles. The van der Waals surface area contributed by atoms with Gasteiger partial charge in [-0.1, -0.05) is 19.1 Å². The van der Waals surface area contributed by atoms with Crippen LogP contribution in [0.2, 0.25) is 0 Å². The van der Waals surface area contributed by atoms with Crippen molar-refractivity contribution in [3.63, 3.8) is 0 Å². The Kier molecular flexibility index (Phi) is 9.33. The van der Waals surface area contributed by atoms with Gasteiger partial charge in [0.25, 0.3) is 5.91 Å². The molecule has 0 spiro atoms. The smallest absolute Gasteiger partial charge is 0.306 e. The van der Waals surface area contributed by atoms with E-state index in [0.717, 1.165) is 43.3 Å². The number of carbonyl (C=O) groups is 3. The SMILES string of the molecule is CCN1CCN(c2ccc(NC(=O)COC(=O)CCC(=O)c3ccc(SC)cc3)cc2)CC1. The molecule has 33 heavy (non-hydrogen) atoms. The van der Waals surface area contributed by atoms with E-state index in [1.54, 1.807) is 23.9 Å². The van der Waals surface area contributed by atoms with Gasteiger partial charge >= 0.3 is 5.97 Å². The molecule has 1 fully saturated rings. The highest BCUT2D eigenvalue weighted by molar-refractivity contribution is 7.98. The Morgan fingerprint density at radius 1 is 0.939 bits per heavy atom. The first-order valence-electron chi connectivity index (χ1n) is 11.2. The van der Waals surface area contributed by atoms with Crippen molar-refractivity contribution < 1.29 is 19.1 Å². The number of nitrogens with zero attached hydrogens (tertiary/aromatic N) is 2. The third-order valence-corrected chi connectivity index (χ3v) is 6.41. The van der Waals surface area contributed by atoms with Crippen LogP contribution in [0.5, 0.6) is 0 Å². The van der Waals surface area contributed by atoms with Crippen LogP contribution in [0, 0.1) is 0 Å². The van der Waals surface area contributed by atoms with Crippen molar-refractivity contribution >= 4 is 40.8 Å². The lowest BCUT2D eigenvalue weighted by Gasteiger charge is -2.35. The number of carbonyl (C=O) groups excluding carboxylic acids is 3. The first-order valence-corrected chi connectivity index (χ1v) is 12.4. The molecule has 0 unspecified atom stereocenters. The quantitative estimate of drug-likeness (QED) is 0.323. The standard InChI is InChI=1S/C25H31N3O4S/c1-3-27-14-16-28(17-15-27)21-8-6-20(7-9-21)26-24(30)18-32-25(31)13-12-23(29)19-4-10-22(33-2)11-5-19/h4-11H,3,12-18H2,1-2H3,(H,26,30). The number of thioether (sulfide) groups is 1. The van der Waals surface area contributed by atoms with Crippen LogP contribution in [0.25, 0.3) is 0 Å². The van der Waals surface area contributed by atoms with E-state index >= 15 is 0 Å². The van der Waals surface area contributed by atoms with E-state index in [2.05, 4.69) is 22.0 Å². The number of esters is 1. The molecule has 3 rings (SSSR count). The van der Waals surface area contributed by atoms with Crippen LogP contribution in [0.4, 0.5) is 11.4 Å². The lowest BCUT2D eigenvalue weighted by molar-refractivity contribution is -0.147. The van der Waals surface area contributed by atoms with Gasteiger partial charge in [0.2, 0.25) is 0 Å². The third-order valence-electron chi connectivity index (χ3n) is 5.67. The summed E-state index contributed by atoms with van der Waals surface area (Å²) in [4.78, 5) is 42.1. The lowest BCUT2D eigenvalue weighted by Crippen LogP contribution is -2.46. The molecular formula is C25H31N3O4S. The van der Waals surface area contributed by atoms with Gasteiger partial charge in [0.05, 0.1) is 6.42 Å². The molecule has 0 atom stereocenters. The number of Topliss-reactive ketones (excluding diaryl/α,β-unsaturated/α-hetero) is 1. The Bertz CT molecular complexity index is 939. The van der Waals surface area contributed by atoms with Crippen molar-refractivity contribution in [2.45, 2.75) is 24.7 Å². The van der Waals surface area contributed by atoms with Crippen molar-refractivity contribution in [1.82, 2.24) is 4.90 Å². The monoisotopic (exact) mass is 469 g/mol. The summed E-state index contributed by atoms with van der Waals surface area (Å²) in [6.45, 7) is 6.95. The zero-order valence-corrected chi connectivity index (χ0v) is 20.0. The average Bonchev–Trinajstić information content (AvgIpc) is 2.86. The van der Waals surface area contributed by atoms with Crippen molar-refractivity contribution in [3.05, 3.63) is 54.1 Å². The van der Waals surface area contributed by atoms with Gasteiger partial charge in [-0.3, -0.25) is 14.4 Å². The summed E-state index contributed by atoms with van der Waals surface area (Å²) in [6.07, 6.45) is 1.96. The lowest BCUT2D eigenvalue weighted by atomic mass is 10.1. The number of ketones is 1. The largest absolute Gasteiger partial charge is 0.456 e. The van der Waals surface area contributed by atoms with Crippen molar-refractivity contribution in [2.24, 2.45) is 0 Å². The second-order valence-electron chi connectivity index (χ2n) is 7.83. The molecule has 8 heteroatoms. The summed E-state index contributed by atoms with van der Waals surface area (Å²) in [5.41, 5.74) is 2.34. The van der Waals surface area contributed by atoms with Crippen LogP contribution in [0.1, 0.15) is 30.1 Å². The maximum Gasteiger partial charge on any atom is 0.306 e. The first-order chi connectivity index (χ1) is 16.0. The second-order valence-corrected chi connectivity index (χ2v) is 8.71. The molecule has 0 saturated carbocycles. The minimum absolute atomic E-state index is 0.0487. The maximum absolute atomic E-state index is 12.2. The second kappa shape index (κ2) is 12.4. The highest BCUT2D eigenvalue weighted by Crippen LogP contribution is 2.20. The summed E-state index contributed by atoms with van der Waals surface area (Å²) < 4.78 is 5.02. The molecule has 2 aromatic rings. The third kappa shape index (κ3) is 7.61. The minimum atomic E-state index is -0.569. The normalized spacial score (nSPS) is 14.1. The van der Waals surface area contributed by atoms with Crippen molar-refractivity contribution in [1.29, 1.82) is 0 Å². The van der Waals surface area contributed by atoms with Gasteiger partial charge in [-0.05, 0) is 49.2 Å². The fourth-order valence-electron chi connectivity index (χ4n) is 3.63. The number of amides is 1. The van der Waals surface area contributed by atoms with E-state index in [1.165, 1.54) is 0 Å². The first kappa shape index (κ1) is 24.8. The van der Waals surface area contributed by atoms with Gasteiger partial charge in [0, 0.05) is 54.4 Å². The number of benzene rings is 2. The Balaban J connectivity index is 1.37. The number of hydrogen-bond donors (Lipinski definition) is 1. The molecular weight excluding hydrogens is 438 g/mol. The van der Waals surface area contributed by atoms with Gasteiger partial charge in [-0.25, -0.2) is 0 Å². The molecule has 0 radical (unpaired) electrons. The number of anilines is 2. The molecule has 7 nitrogen and oxygen atoms in total. The van der Waals surface area contributed by atoms with Gasteiger partial charge in [-0.15, -0.1) is 11.8 Å². The number of likely N-dealkylation sites (N-methyl/N-ethyl adjacent to an activating group) is 1. The van der Waals surface area contributed by atoms with E-state index in [-0.39, 0.29) is 25.2 Å². The van der Waals surface area contributed by atoms with Crippen LogP contribution in [0.15, 0.2) is 53.4 Å². The molecule has 1 saturated heterocycles. The van der Waals surface area contributed by atoms with E-state index < -0.39 is 11.9 Å². The fraction of sp³-hybridized carbons (Fsp3) is 0.400. The van der Waals surface area contributed by atoms with Crippen LogP contribution in [-0.4, -0.2) is 68.1 Å². The summed E-state index contributed by atoms with van der Waals surface area (Å²) in [7, 11) is 0. The number of hydrogen-bond acceptors (Lipinski definition) is 7. The molecule has 1 heterocycles. The van der Waals surface area contributed by atoms with Crippen LogP contribution >= 0.6 is 11.8 Å². The summed E-state index contributed by atoms with van der Waals surface area (Å²) in [5, 5.41) is 2.73. The van der Waals surface area contributed by atoms with Crippen LogP contribution in [0.3, 0.4) is 0 Å². The molecule has 1 amide bonds. The van der Waals surface area contributed by atoms with Gasteiger partial charge in [0.15, 0.2) is 12.4 Å². The summed E-state index contributed by atoms with van der Waals surface area (Å²) in [6, 6.07) is 14.9. The van der Waals surface area contributed by atoms with Gasteiger partial charge in [-0.2, -0.15) is 0 Å². The van der Waals surface area contributed by atoms with E-state index in [1.807, 2.05) is 42.7 Å². The van der Waals surface area contributed by atoms with Crippen molar-refractivity contribution in [3.8, 4) is 0 Å². The van der Waals surface area contributed by atoms with Crippen LogP contribution in [-0.2, 0) is 14.3 Å². The maximum atomic E-state index is 12.2. The zero-order chi connectivity index (χ0) is 23.6. The zero-order valence-electron chi connectivity index (χ0n) is 19.2. The van der Waals surface area contributed by atoms with Gasteiger partial charge < -0.3 is 19.9 Å². The number of ether oxygens (including phenoxy) is 1. The summed E-state index contributed by atoms with van der Waals surface area (Å²) >= 11 is 1.60. The number of rotatable bonds is 10. The minimum Gasteiger partial charge on any atom is -0.456 e. The Hall–Kier alpha value is -2.84. The van der Waals surface area contributed by atoms with Crippen LogP contribution < -0.4 is 10.2 Å². The predicted octanol–water partition coefficient (Wildman–Crippen LogP) is 3.70. The average molecular weight is 470 g/mol. The molecule has 0 aromatic heterocycles. The summed E-state index contributed by atoms with van der Waals surface area (Å²) in [5.74, 6) is -1.10. The fourth-order valence-corrected chi connectivity index (χ4v) is 4.04. The Morgan fingerprint density at radius 3 is 2.21 bits per heavy atom. The molecule has 1 aliphatic heterocycles. The van der Waals surface area contributed by atoms with E-state index in [4.69, 9.17) is 4.74 Å². The molecule has 2 aromatic carbocycles. The van der Waals surface area contributed by atoms with E-state index in [9.17, 15) is 14.4 Å². The Morgan fingerprint density at radius 2 is 1.61 bits per heavy atom. The number of piperazine rings is 1. The Labute approximate surface area is 199 Å². The van der Waals surface area contributed by atoms with E-state index in [0.29, 0.717) is 11.3 Å². The van der Waals surface area contributed by atoms with Crippen molar-refractivity contribution in [2.75, 3.05) is 55.8 Å². The molecule has 176 valence electrons. The molecule has 0 bridgehead atoms. The molecule has 1 N–H and O–H groups in total. The molecule has 1 aliphatic rings.